The van der Waals surface area contributed by atoms with Crippen LogP contribution in [0.5, 0.6) is 0 Å². The van der Waals surface area contributed by atoms with Crippen LogP contribution in [-0.4, -0.2) is 12.3 Å². The largest absolute Gasteiger partial charge is 0.330 e. The molecule has 1 nitrogen and oxygen atoms in total. The zero-order valence-corrected chi connectivity index (χ0v) is 8.99. The zero-order chi connectivity index (χ0) is 8.55. The van der Waals surface area contributed by atoms with Gasteiger partial charge in [0.25, 0.3) is 0 Å². The minimum atomic E-state index is 0.558. The second kappa shape index (κ2) is 3.40. The standard InChI is InChI=1S/C9H10BrNS/c10-7-1-2-9-8(3-7)6(4-11)5-12-9/h1-3,6H,4-5,11H2. The highest BCUT2D eigenvalue weighted by atomic mass is 79.9. The molecule has 1 heterocycles. The van der Waals surface area contributed by atoms with E-state index in [2.05, 4.69) is 34.1 Å². The van der Waals surface area contributed by atoms with Gasteiger partial charge in [0.15, 0.2) is 0 Å². The number of hydrogen-bond donors (Lipinski definition) is 1. The molecule has 64 valence electrons. The molecule has 0 saturated heterocycles. The summed E-state index contributed by atoms with van der Waals surface area (Å²) in [7, 11) is 0. The quantitative estimate of drug-likeness (QED) is 0.821. The molecule has 0 amide bonds. The van der Waals surface area contributed by atoms with Crippen molar-refractivity contribution in [2.24, 2.45) is 5.73 Å². The first-order valence-corrected chi connectivity index (χ1v) is 5.71. The van der Waals surface area contributed by atoms with Crippen molar-refractivity contribution in [3.8, 4) is 0 Å². The van der Waals surface area contributed by atoms with Crippen LogP contribution in [0.25, 0.3) is 0 Å². The van der Waals surface area contributed by atoms with Crippen LogP contribution >= 0.6 is 27.7 Å². The minimum Gasteiger partial charge on any atom is -0.330 e. The predicted octanol–water partition coefficient (Wildman–Crippen LogP) is 2.60. The number of fused-ring (bicyclic) bond motifs is 1. The smallest absolute Gasteiger partial charge is 0.0178 e. The van der Waals surface area contributed by atoms with Gasteiger partial charge in [0.05, 0.1) is 0 Å². The third-order valence-corrected chi connectivity index (χ3v) is 3.88. The van der Waals surface area contributed by atoms with Crippen LogP contribution in [0.2, 0.25) is 0 Å². The first kappa shape index (κ1) is 8.60. The molecule has 3 heteroatoms. The Morgan fingerprint density at radius 3 is 3.17 bits per heavy atom. The Kier molecular flexibility index (Phi) is 2.44. The first-order valence-electron chi connectivity index (χ1n) is 3.93. The number of thioether (sulfide) groups is 1. The van der Waals surface area contributed by atoms with E-state index in [0.29, 0.717) is 5.92 Å². The van der Waals surface area contributed by atoms with Crippen molar-refractivity contribution in [2.75, 3.05) is 12.3 Å². The fourth-order valence-corrected chi connectivity index (χ4v) is 3.08. The van der Waals surface area contributed by atoms with E-state index in [9.17, 15) is 0 Å². The Morgan fingerprint density at radius 2 is 2.42 bits per heavy atom. The van der Waals surface area contributed by atoms with Crippen LogP contribution in [0.1, 0.15) is 11.5 Å². The molecule has 12 heavy (non-hydrogen) atoms. The number of hydrogen-bond acceptors (Lipinski definition) is 2. The van der Waals surface area contributed by atoms with E-state index >= 15 is 0 Å². The van der Waals surface area contributed by atoms with Gasteiger partial charge in [-0.15, -0.1) is 11.8 Å². The summed E-state index contributed by atoms with van der Waals surface area (Å²) in [6.45, 7) is 0.760. The van der Waals surface area contributed by atoms with E-state index in [4.69, 9.17) is 5.73 Å². The van der Waals surface area contributed by atoms with E-state index in [1.807, 2.05) is 11.8 Å². The van der Waals surface area contributed by atoms with Crippen molar-refractivity contribution < 1.29 is 0 Å². The fourth-order valence-electron chi connectivity index (χ4n) is 1.44. The number of benzene rings is 1. The summed E-state index contributed by atoms with van der Waals surface area (Å²) in [6, 6.07) is 6.44. The van der Waals surface area contributed by atoms with E-state index in [0.717, 1.165) is 16.8 Å². The Bertz CT molecular complexity index is 301. The Morgan fingerprint density at radius 1 is 1.58 bits per heavy atom. The van der Waals surface area contributed by atoms with Crippen molar-refractivity contribution in [3.63, 3.8) is 0 Å². The molecule has 1 aromatic rings. The van der Waals surface area contributed by atoms with Crippen LogP contribution in [0.3, 0.4) is 0 Å². The molecule has 0 saturated carbocycles. The molecule has 0 fully saturated rings. The molecule has 0 radical (unpaired) electrons. The normalized spacial score (nSPS) is 21.0. The third-order valence-electron chi connectivity index (χ3n) is 2.14. The van der Waals surface area contributed by atoms with Gasteiger partial charge >= 0.3 is 0 Å². The molecule has 1 aliphatic heterocycles. The van der Waals surface area contributed by atoms with Crippen LogP contribution in [0.4, 0.5) is 0 Å². The van der Waals surface area contributed by atoms with Crippen molar-refractivity contribution >= 4 is 27.7 Å². The van der Waals surface area contributed by atoms with E-state index in [1.165, 1.54) is 10.5 Å². The molecule has 1 unspecified atom stereocenters. The Labute approximate surface area is 84.9 Å². The van der Waals surface area contributed by atoms with Crippen molar-refractivity contribution in [1.82, 2.24) is 0 Å². The summed E-state index contributed by atoms with van der Waals surface area (Å²) in [6.07, 6.45) is 0. The van der Waals surface area contributed by atoms with E-state index in [-0.39, 0.29) is 0 Å². The summed E-state index contributed by atoms with van der Waals surface area (Å²) in [5, 5.41) is 0. The average molecular weight is 244 g/mol. The Balaban J connectivity index is 2.42. The highest BCUT2D eigenvalue weighted by Gasteiger charge is 2.21. The second-order valence-corrected chi connectivity index (χ2v) is 4.90. The number of rotatable bonds is 1. The molecule has 0 bridgehead atoms. The average Bonchev–Trinajstić information content (AvgIpc) is 2.46. The van der Waals surface area contributed by atoms with Gasteiger partial charge in [0.2, 0.25) is 0 Å². The maximum Gasteiger partial charge on any atom is 0.0178 e. The fraction of sp³-hybridized carbons (Fsp3) is 0.333. The van der Waals surface area contributed by atoms with Gasteiger partial charge in [-0.2, -0.15) is 0 Å². The molecule has 1 aliphatic rings. The van der Waals surface area contributed by atoms with Crippen molar-refractivity contribution in [3.05, 3.63) is 28.2 Å². The molecule has 0 aromatic heterocycles. The van der Waals surface area contributed by atoms with Gasteiger partial charge in [0, 0.05) is 27.6 Å². The van der Waals surface area contributed by atoms with Gasteiger partial charge in [-0.05, 0) is 23.8 Å². The lowest BCUT2D eigenvalue weighted by molar-refractivity contribution is 0.786. The van der Waals surface area contributed by atoms with Gasteiger partial charge in [0.1, 0.15) is 0 Å². The molecule has 1 aromatic carbocycles. The summed E-state index contributed by atoms with van der Waals surface area (Å²) in [5.74, 6) is 1.70. The predicted molar refractivity (Wildman–Crippen MR) is 56.7 cm³/mol. The maximum absolute atomic E-state index is 5.67. The highest BCUT2D eigenvalue weighted by Crippen LogP contribution is 2.39. The van der Waals surface area contributed by atoms with Gasteiger partial charge in [-0.1, -0.05) is 15.9 Å². The van der Waals surface area contributed by atoms with Gasteiger partial charge in [-0.25, -0.2) is 0 Å². The van der Waals surface area contributed by atoms with E-state index in [1.54, 1.807) is 0 Å². The minimum absolute atomic E-state index is 0.558. The zero-order valence-electron chi connectivity index (χ0n) is 6.59. The van der Waals surface area contributed by atoms with Crippen LogP contribution in [0.15, 0.2) is 27.6 Å². The number of halogens is 1. The molecule has 0 spiro atoms. The topological polar surface area (TPSA) is 26.0 Å². The number of nitrogens with two attached hydrogens (primary N) is 1. The SMILES string of the molecule is NCC1CSc2ccc(Br)cc21. The lowest BCUT2D eigenvalue weighted by atomic mass is 10.0. The van der Waals surface area contributed by atoms with Crippen molar-refractivity contribution in [2.45, 2.75) is 10.8 Å². The van der Waals surface area contributed by atoms with Crippen molar-refractivity contribution in [1.29, 1.82) is 0 Å². The molecular formula is C9H10BrNS. The molecular weight excluding hydrogens is 234 g/mol. The summed E-state index contributed by atoms with van der Waals surface area (Å²) in [4.78, 5) is 1.40. The summed E-state index contributed by atoms with van der Waals surface area (Å²) < 4.78 is 1.15. The first-order chi connectivity index (χ1) is 5.81. The van der Waals surface area contributed by atoms with Crippen LogP contribution < -0.4 is 5.73 Å². The summed E-state index contributed by atoms with van der Waals surface area (Å²) in [5.41, 5.74) is 7.08. The molecule has 0 aliphatic carbocycles. The lowest BCUT2D eigenvalue weighted by Crippen LogP contribution is -2.11. The van der Waals surface area contributed by atoms with Gasteiger partial charge < -0.3 is 5.73 Å². The Hall–Kier alpha value is 0.01000. The third kappa shape index (κ3) is 1.41. The van der Waals surface area contributed by atoms with Crippen LogP contribution in [-0.2, 0) is 0 Å². The lowest BCUT2D eigenvalue weighted by Gasteiger charge is -2.06. The highest BCUT2D eigenvalue weighted by molar-refractivity contribution is 9.10. The van der Waals surface area contributed by atoms with Gasteiger partial charge in [-0.3, -0.25) is 0 Å². The van der Waals surface area contributed by atoms with Crippen LogP contribution in [0, 0.1) is 0 Å². The molecule has 1 atom stereocenters. The molecule has 2 rings (SSSR count). The monoisotopic (exact) mass is 243 g/mol. The summed E-state index contributed by atoms with van der Waals surface area (Å²) >= 11 is 5.38. The van der Waals surface area contributed by atoms with E-state index < -0.39 is 0 Å². The maximum atomic E-state index is 5.67. The second-order valence-electron chi connectivity index (χ2n) is 2.93. The molecule has 2 N–H and O–H groups in total.